The van der Waals surface area contributed by atoms with E-state index in [2.05, 4.69) is 5.32 Å². The zero-order valence-electron chi connectivity index (χ0n) is 13.4. The minimum absolute atomic E-state index is 0.116. The van der Waals surface area contributed by atoms with E-state index in [1.54, 1.807) is 24.3 Å². The predicted molar refractivity (Wildman–Crippen MR) is 95.9 cm³/mol. The number of nitrogens with one attached hydrogen (secondary N) is 1. The van der Waals surface area contributed by atoms with E-state index in [0.29, 0.717) is 5.56 Å². The molecule has 0 aliphatic rings. The number of carbonyl (C=O) groups is 1. The number of benzene rings is 3. The predicted octanol–water partition coefficient (Wildman–Crippen LogP) is 4.55. The fraction of sp³-hybridized carbons (Fsp3) is 0.0952. The number of hydrogen-bond acceptors (Lipinski definition) is 2. The SMILES string of the molecule is CC(NC(=O)c1ccc(-c2ccccc2)cc1)c1ccc(O)cc1. The molecule has 0 radical (unpaired) electrons. The van der Waals surface area contributed by atoms with Crippen LogP contribution in [0.25, 0.3) is 11.1 Å². The highest BCUT2D eigenvalue weighted by Gasteiger charge is 2.11. The lowest BCUT2D eigenvalue weighted by atomic mass is 10.0. The highest BCUT2D eigenvalue weighted by Crippen LogP contribution is 2.20. The van der Waals surface area contributed by atoms with Gasteiger partial charge in [0.05, 0.1) is 6.04 Å². The van der Waals surface area contributed by atoms with Crippen LogP contribution in [-0.4, -0.2) is 11.0 Å². The van der Waals surface area contributed by atoms with Gasteiger partial charge in [-0.25, -0.2) is 0 Å². The van der Waals surface area contributed by atoms with E-state index in [1.807, 2.05) is 61.5 Å². The molecule has 3 rings (SSSR count). The highest BCUT2D eigenvalue weighted by atomic mass is 16.3. The maximum absolute atomic E-state index is 12.4. The van der Waals surface area contributed by atoms with Gasteiger partial charge in [-0.3, -0.25) is 4.79 Å². The van der Waals surface area contributed by atoms with Gasteiger partial charge in [0.1, 0.15) is 5.75 Å². The van der Waals surface area contributed by atoms with Gasteiger partial charge >= 0.3 is 0 Å². The molecule has 0 spiro atoms. The van der Waals surface area contributed by atoms with E-state index in [1.165, 1.54) is 0 Å². The van der Waals surface area contributed by atoms with Crippen LogP contribution in [0.2, 0.25) is 0 Å². The summed E-state index contributed by atoms with van der Waals surface area (Å²) in [6.45, 7) is 1.92. The Balaban J connectivity index is 1.70. The second kappa shape index (κ2) is 7.01. The first-order chi connectivity index (χ1) is 11.6. The molecule has 1 atom stereocenters. The molecule has 120 valence electrons. The summed E-state index contributed by atoms with van der Waals surface area (Å²) in [7, 11) is 0. The summed E-state index contributed by atoms with van der Waals surface area (Å²) in [6.07, 6.45) is 0. The van der Waals surface area contributed by atoms with E-state index in [-0.39, 0.29) is 17.7 Å². The first-order valence-electron chi connectivity index (χ1n) is 7.89. The van der Waals surface area contributed by atoms with Crippen LogP contribution in [0.3, 0.4) is 0 Å². The van der Waals surface area contributed by atoms with E-state index < -0.39 is 0 Å². The molecule has 3 aromatic rings. The summed E-state index contributed by atoms with van der Waals surface area (Å²) in [6, 6.07) is 24.3. The minimum atomic E-state index is -0.133. The Kier molecular flexibility index (Phi) is 4.62. The van der Waals surface area contributed by atoms with Gasteiger partial charge in [0.15, 0.2) is 0 Å². The van der Waals surface area contributed by atoms with Crippen molar-refractivity contribution >= 4 is 5.91 Å². The number of phenols is 1. The van der Waals surface area contributed by atoms with Gasteiger partial charge in [0.25, 0.3) is 5.91 Å². The van der Waals surface area contributed by atoms with Crippen LogP contribution >= 0.6 is 0 Å². The van der Waals surface area contributed by atoms with Gasteiger partial charge < -0.3 is 10.4 Å². The molecular formula is C21H19NO2. The Bertz CT molecular complexity index is 809. The lowest BCUT2D eigenvalue weighted by molar-refractivity contribution is 0.0940. The van der Waals surface area contributed by atoms with Gasteiger partial charge in [-0.2, -0.15) is 0 Å². The molecule has 0 bridgehead atoms. The molecule has 0 saturated heterocycles. The largest absolute Gasteiger partial charge is 0.508 e. The Morgan fingerprint density at radius 1 is 0.833 bits per heavy atom. The van der Waals surface area contributed by atoms with Gasteiger partial charge in [0.2, 0.25) is 0 Å². The van der Waals surface area contributed by atoms with E-state index >= 15 is 0 Å². The standard InChI is InChI=1S/C21H19NO2/c1-15(16-11-13-20(23)14-12-16)22-21(24)19-9-7-18(8-10-19)17-5-3-2-4-6-17/h2-15,23H,1H3,(H,22,24). The van der Waals surface area contributed by atoms with Crippen molar-refractivity contribution in [1.29, 1.82) is 0 Å². The van der Waals surface area contributed by atoms with Gasteiger partial charge in [-0.15, -0.1) is 0 Å². The fourth-order valence-corrected chi connectivity index (χ4v) is 2.57. The Morgan fingerprint density at radius 3 is 2.04 bits per heavy atom. The third kappa shape index (κ3) is 3.63. The van der Waals surface area contributed by atoms with E-state index in [0.717, 1.165) is 16.7 Å². The zero-order chi connectivity index (χ0) is 16.9. The Hall–Kier alpha value is -3.07. The smallest absolute Gasteiger partial charge is 0.251 e. The lowest BCUT2D eigenvalue weighted by Crippen LogP contribution is -2.26. The Labute approximate surface area is 141 Å². The number of aromatic hydroxyl groups is 1. The minimum Gasteiger partial charge on any atom is -0.508 e. The molecule has 0 fully saturated rings. The molecule has 2 N–H and O–H groups in total. The number of hydrogen-bond donors (Lipinski definition) is 2. The molecular weight excluding hydrogens is 298 g/mol. The highest BCUT2D eigenvalue weighted by molar-refractivity contribution is 5.94. The summed E-state index contributed by atoms with van der Waals surface area (Å²) in [4.78, 5) is 12.4. The van der Waals surface area contributed by atoms with Crippen molar-refractivity contribution in [2.24, 2.45) is 0 Å². The van der Waals surface area contributed by atoms with Crippen molar-refractivity contribution in [2.45, 2.75) is 13.0 Å². The molecule has 3 heteroatoms. The molecule has 0 aliphatic heterocycles. The average molecular weight is 317 g/mol. The van der Waals surface area contributed by atoms with Gasteiger partial charge in [0, 0.05) is 5.56 Å². The topological polar surface area (TPSA) is 49.3 Å². The molecule has 0 aliphatic carbocycles. The first-order valence-corrected chi connectivity index (χ1v) is 7.89. The summed E-state index contributed by atoms with van der Waals surface area (Å²) in [5, 5.41) is 12.3. The monoisotopic (exact) mass is 317 g/mol. The van der Waals surface area contributed by atoms with Crippen LogP contribution in [0.4, 0.5) is 0 Å². The van der Waals surface area contributed by atoms with Gasteiger partial charge in [-0.05, 0) is 47.9 Å². The second-order valence-corrected chi connectivity index (χ2v) is 5.73. The van der Waals surface area contributed by atoms with Crippen LogP contribution < -0.4 is 5.32 Å². The Morgan fingerprint density at radius 2 is 1.42 bits per heavy atom. The molecule has 0 saturated carbocycles. The fourth-order valence-electron chi connectivity index (χ4n) is 2.57. The molecule has 3 aromatic carbocycles. The summed E-state index contributed by atoms with van der Waals surface area (Å²) < 4.78 is 0. The van der Waals surface area contributed by atoms with Crippen molar-refractivity contribution in [3.8, 4) is 16.9 Å². The van der Waals surface area contributed by atoms with Crippen LogP contribution in [0, 0.1) is 0 Å². The maximum Gasteiger partial charge on any atom is 0.251 e. The normalized spacial score (nSPS) is 11.7. The van der Waals surface area contributed by atoms with Crippen molar-refractivity contribution in [1.82, 2.24) is 5.32 Å². The zero-order valence-corrected chi connectivity index (χ0v) is 13.4. The quantitative estimate of drug-likeness (QED) is 0.741. The lowest BCUT2D eigenvalue weighted by Gasteiger charge is -2.14. The van der Waals surface area contributed by atoms with E-state index in [4.69, 9.17) is 0 Å². The van der Waals surface area contributed by atoms with Crippen molar-refractivity contribution in [3.63, 3.8) is 0 Å². The third-order valence-corrected chi connectivity index (χ3v) is 3.99. The van der Waals surface area contributed by atoms with Crippen LogP contribution in [0.1, 0.15) is 28.9 Å². The molecule has 1 amide bonds. The number of carbonyl (C=O) groups excluding carboxylic acids is 1. The van der Waals surface area contributed by atoms with Crippen molar-refractivity contribution in [2.75, 3.05) is 0 Å². The number of phenolic OH excluding ortho intramolecular Hbond substituents is 1. The summed E-state index contributed by atoms with van der Waals surface area (Å²) in [5.74, 6) is 0.101. The second-order valence-electron chi connectivity index (χ2n) is 5.73. The van der Waals surface area contributed by atoms with Crippen LogP contribution in [-0.2, 0) is 0 Å². The number of amides is 1. The molecule has 0 aromatic heterocycles. The first kappa shape index (κ1) is 15.8. The number of rotatable bonds is 4. The van der Waals surface area contributed by atoms with Crippen LogP contribution in [0.5, 0.6) is 5.75 Å². The van der Waals surface area contributed by atoms with Crippen molar-refractivity contribution < 1.29 is 9.90 Å². The third-order valence-electron chi connectivity index (χ3n) is 3.99. The molecule has 3 nitrogen and oxygen atoms in total. The molecule has 24 heavy (non-hydrogen) atoms. The van der Waals surface area contributed by atoms with Crippen molar-refractivity contribution in [3.05, 3.63) is 90.0 Å². The van der Waals surface area contributed by atoms with E-state index in [9.17, 15) is 9.90 Å². The molecule has 1 unspecified atom stereocenters. The summed E-state index contributed by atoms with van der Waals surface area (Å²) >= 11 is 0. The summed E-state index contributed by atoms with van der Waals surface area (Å²) in [5.41, 5.74) is 3.78. The van der Waals surface area contributed by atoms with Gasteiger partial charge in [-0.1, -0.05) is 54.6 Å². The molecule has 0 heterocycles. The maximum atomic E-state index is 12.4. The van der Waals surface area contributed by atoms with Crippen LogP contribution in [0.15, 0.2) is 78.9 Å². The average Bonchev–Trinajstić information content (AvgIpc) is 2.63.